The average Bonchev–Trinajstić information content (AvgIpc) is 1.64. The first-order valence-corrected chi connectivity index (χ1v) is 34.9. The topological polar surface area (TPSA) is 153 Å². The van der Waals surface area contributed by atoms with Gasteiger partial charge in [0.2, 0.25) is 23.6 Å². The van der Waals surface area contributed by atoms with Crippen molar-refractivity contribution < 1.29 is 19.2 Å². The third-order valence-corrected chi connectivity index (χ3v) is 17.9. The lowest BCUT2D eigenvalue weighted by Crippen LogP contribution is -2.31. The largest absolute Gasteiger partial charge is 0.356 e. The molecule has 3 aliphatic heterocycles. The molecule has 0 spiro atoms. The molecule has 0 aliphatic carbocycles. The first kappa shape index (κ1) is 69.3. The number of halogens is 1. The van der Waals surface area contributed by atoms with Crippen molar-refractivity contribution in [2.75, 3.05) is 54.0 Å². The maximum atomic E-state index is 12.7. The van der Waals surface area contributed by atoms with Gasteiger partial charge in [0.15, 0.2) is 0 Å². The fourth-order valence-corrected chi connectivity index (χ4v) is 12.8. The summed E-state index contributed by atoms with van der Waals surface area (Å²) in [4.78, 5) is 67.7. The number of nitrogens with one attached hydrogen (secondary N) is 3. The van der Waals surface area contributed by atoms with E-state index >= 15 is 0 Å². The van der Waals surface area contributed by atoms with E-state index in [1.54, 1.807) is 49.2 Å². The number of aromatic nitrogens is 3. The Hall–Kier alpha value is -9.01. The zero-order chi connectivity index (χ0) is 65.2. The Balaban J connectivity index is 0.000000166. The molecule has 94 heavy (non-hydrogen) atoms. The van der Waals surface area contributed by atoms with Gasteiger partial charge >= 0.3 is 0 Å². The second kappa shape index (κ2) is 38.9. The predicted octanol–water partition coefficient (Wildman–Crippen LogP) is 16.2. The normalized spacial score (nSPS) is 13.0. The predicted molar refractivity (Wildman–Crippen MR) is 388 cm³/mol. The van der Waals surface area contributed by atoms with Gasteiger partial charge in [-0.15, -0.1) is 0 Å². The number of anilines is 5. The van der Waals surface area contributed by atoms with E-state index in [9.17, 15) is 19.2 Å². The van der Waals surface area contributed by atoms with Crippen LogP contribution in [0.1, 0.15) is 141 Å². The van der Waals surface area contributed by atoms with Gasteiger partial charge in [-0.2, -0.15) is 0 Å². The first-order valence-electron chi connectivity index (χ1n) is 34.1. The molecular formula is C80H92BrN9O4. The van der Waals surface area contributed by atoms with E-state index in [-0.39, 0.29) is 23.6 Å². The molecule has 5 aromatic carbocycles. The molecule has 3 N–H and O–H groups in total. The number of pyridine rings is 3. The summed E-state index contributed by atoms with van der Waals surface area (Å²) in [7, 11) is 0. The van der Waals surface area contributed by atoms with Gasteiger partial charge in [0.05, 0.1) is 0 Å². The monoisotopic (exact) mass is 1320 g/mol. The van der Waals surface area contributed by atoms with E-state index in [0.29, 0.717) is 25.9 Å². The van der Waals surface area contributed by atoms with Crippen molar-refractivity contribution in [2.45, 2.75) is 135 Å². The molecule has 4 amide bonds. The van der Waals surface area contributed by atoms with E-state index in [0.717, 1.165) is 169 Å². The fourth-order valence-electron chi connectivity index (χ4n) is 12.4. The molecule has 14 heteroatoms. The lowest BCUT2D eigenvalue weighted by Gasteiger charge is -2.27. The van der Waals surface area contributed by atoms with Gasteiger partial charge in [0.25, 0.3) is 0 Å². The Morgan fingerprint density at radius 2 is 0.883 bits per heavy atom. The van der Waals surface area contributed by atoms with Gasteiger partial charge in [0.1, 0.15) is 0 Å². The van der Waals surface area contributed by atoms with Crippen molar-refractivity contribution in [1.29, 1.82) is 0 Å². The van der Waals surface area contributed by atoms with Crippen molar-refractivity contribution in [3.63, 3.8) is 0 Å². The molecule has 3 aliphatic rings. The summed E-state index contributed by atoms with van der Waals surface area (Å²) < 4.78 is 1.14. The fraction of sp³-hybridized carbons (Fsp3) is 0.338. The second-order valence-electron chi connectivity index (χ2n) is 24.3. The third kappa shape index (κ3) is 22.6. The van der Waals surface area contributed by atoms with Crippen molar-refractivity contribution in [2.24, 2.45) is 0 Å². The standard InChI is InChI=1S/C28H30BrN3O.C28H33N3O.C24H29N3O2/c29-25-14-15-27-24(20-25)13-12-23-9-3-4-10-26(23)32(27)19-6-2-1-5-18-31-28(33)16-11-22-8-7-17-30-21-22;32-28(18-15-23-10-9-19-29-22-23)30-20-7-1-2-8-21-31-26-13-5-3-11-24(26)16-17-25-12-4-6-14-27(25)31;28-23(15-14-20-9-8-16-25-19-20)26-17-6-1-2-13-24(29)27-18-7-5-11-21-10-3-4-12-22(21)27/h3-4,7-11,14-17,20-21H,1-2,5-6,12-13,18-19H2,(H,31,33);3-6,9-14,19,22H,1-2,7-8,15-18,20-21H2,(H,30,32);3-4,8-10,12,14-16,19H,1-2,5-7,11,13,17-18H2,(H,26,28)/b16-11+;;15-14+. The lowest BCUT2D eigenvalue weighted by molar-refractivity contribution is -0.121. The molecule has 0 atom stereocenters. The zero-order valence-electron chi connectivity index (χ0n) is 54.5. The molecule has 8 aromatic rings. The number of fused-ring (bicyclic) bond motifs is 5. The molecule has 0 fully saturated rings. The van der Waals surface area contributed by atoms with Crippen LogP contribution in [0.25, 0.3) is 12.2 Å². The van der Waals surface area contributed by atoms with E-state index in [4.69, 9.17) is 0 Å². The van der Waals surface area contributed by atoms with E-state index in [2.05, 4.69) is 160 Å². The highest BCUT2D eigenvalue weighted by molar-refractivity contribution is 9.10. The minimum atomic E-state index is -0.105. The number of hydrogen-bond donors (Lipinski definition) is 3. The smallest absolute Gasteiger partial charge is 0.243 e. The minimum Gasteiger partial charge on any atom is -0.356 e. The highest BCUT2D eigenvalue weighted by atomic mass is 79.9. The molecule has 0 unspecified atom stereocenters. The number of carbonyl (C=O) groups excluding carboxylic acids is 4. The number of carbonyl (C=O) groups is 4. The Kier molecular flexibility index (Phi) is 28.7. The molecule has 3 aromatic heterocycles. The van der Waals surface area contributed by atoms with Crippen molar-refractivity contribution in [1.82, 2.24) is 30.9 Å². The van der Waals surface area contributed by atoms with Crippen LogP contribution in [0.15, 0.2) is 205 Å². The van der Waals surface area contributed by atoms with Gasteiger partial charge in [-0.25, -0.2) is 0 Å². The van der Waals surface area contributed by atoms with Gasteiger partial charge in [-0.1, -0.05) is 139 Å². The number of amides is 4. The molecule has 488 valence electrons. The van der Waals surface area contributed by atoms with E-state index < -0.39 is 0 Å². The Morgan fingerprint density at radius 3 is 1.40 bits per heavy atom. The summed E-state index contributed by atoms with van der Waals surface area (Å²) in [6, 6.07) is 52.8. The molecule has 6 heterocycles. The second-order valence-corrected chi connectivity index (χ2v) is 25.2. The number of unbranched alkanes of at least 4 members (excludes halogenated alkanes) is 8. The third-order valence-electron chi connectivity index (χ3n) is 17.4. The maximum absolute atomic E-state index is 12.7. The van der Waals surface area contributed by atoms with Crippen LogP contribution in [0.5, 0.6) is 0 Å². The van der Waals surface area contributed by atoms with Crippen LogP contribution < -0.4 is 30.7 Å². The van der Waals surface area contributed by atoms with Gasteiger partial charge in [0, 0.05) is 134 Å². The summed E-state index contributed by atoms with van der Waals surface area (Å²) in [6.45, 7) is 4.95. The van der Waals surface area contributed by atoms with Gasteiger partial charge in [-0.3, -0.25) is 34.1 Å². The van der Waals surface area contributed by atoms with Crippen LogP contribution >= 0.6 is 15.9 Å². The summed E-state index contributed by atoms with van der Waals surface area (Å²) in [5.74, 6) is 0.184. The lowest BCUT2D eigenvalue weighted by atomic mass is 10.0. The van der Waals surface area contributed by atoms with Crippen molar-refractivity contribution in [3.05, 3.63) is 250 Å². The summed E-state index contributed by atoms with van der Waals surface area (Å²) in [5, 5.41) is 8.91. The van der Waals surface area contributed by atoms with Crippen LogP contribution in [0.3, 0.4) is 0 Å². The molecular weight excluding hydrogens is 1230 g/mol. The van der Waals surface area contributed by atoms with E-state index in [1.807, 2.05) is 59.6 Å². The Morgan fingerprint density at radius 1 is 0.426 bits per heavy atom. The molecule has 0 saturated heterocycles. The first-order chi connectivity index (χ1) is 46.3. The Bertz CT molecular complexity index is 3650. The SMILES string of the molecule is O=C(/C=C/c1cccnc1)NCCCCCC(=O)N1CCCCc2ccccc21.O=C(/C=C/c1cccnc1)NCCCCCCN1c2ccccc2CCc2cc(Br)ccc21.O=C(CCc1cccnc1)NCCCCCCN1c2ccccc2CCc2ccccc21. The van der Waals surface area contributed by atoms with Crippen molar-refractivity contribution >= 4 is 80.1 Å². The highest BCUT2D eigenvalue weighted by Crippen LogP contribution is 2.39. The summed E-state index contributed by atoms with van der Waals surface area (Å²) >= 11 is 3.64. The number of aryl methyl sites for hydroxylation is 6. The maximum Gasteiger partial charge on any atom is 0.243 e. The van der Waals surface area contributed by atoms with E-state index in [1.165, 1.54) is 63.1 Å². The molecule has 13 nitrogen and oxygen atoms in total. The highest BCUT2D eigenvalue weighted by Gasteiger charge is 2.23. The van der Waals surface area contributed by atoms with Crippen LogP contribution in [-0.4, -0.2) is 77.8 Å². The van der Waals surface area contributed by atoms with Crippen LogP contribution in [0, 0.1) is 0 Å². The van der Waals surface area contributed by atoms with Gasteiger partial charge in [-0.05, 0) is 207 Å². The molecule has 0 bridgehead atoms. The van der Waals surface area contributed by atoms with Gasteiger partial charge < -0.3 is 30.7 Å². The minimum absolute atomic E-state index is 0.0530. The number of benzene rings is 5. The van der Waals surface area contributed by atoms with Crippen LogP contribution in [0.4, 0.5) is 28.4 Å². The van der Waals surface area contributed by atoms with Crippen molar-refractivity contribution in [3.8, 4) is 0 Å². The molecule has 11 rings (SSSR count). The molecule has 0 saturated carbocycles. The molecule has 0 radical (unpaired) electrons. The van der Waals surface area contributed by atoms with Crippen LogP contribution in [-0.2, 0) is 57.7 Å². The number of rotatable bonds is 27. The summed E-state index contributed by atoms with van der Waals surface area (Å²) in [6.07, 6.45) is 38.0. The van der Waals surface area contributed by atoms with Crippen LogP contribution in [0.2, 0.25) is 0 Å². The number of para-hydroxylation sites is 4. The number of hydrogen-bond acceptors (Lipinski definition) is 9. The Labute approximate surface area is 565 Å². The zero-order valence-corrected chi connectivity index (χ0v) is 56.1. The quantitative estimate of drug-likeness (QED) is 0.0337. The number of nitrogens with zero attached hydrogens (tertiary/aromatic N) is 6. The average molecular weight is 1320 g/mol. The summed E-state index contributed by atoms with van der Waals surface area (Å²) in [5.41, 5.74) is 16.4.